The number of carbonyl (C=O) groups excluding carboxylic acids is 1. The molecule has 0 spiro atoms. The molecule has 0 aromatic rings. The number of hydrogen-bond acceptors (Lipinski definition) is 4. The molecule has 0 aliphatic heterocycles. The topological polar surface area (TPSA) is 78.8 Å². The zero-order valence-electron chi connectivity index (χ0n) is 18.7. The number of unbranched alkanes of at least 4 members (excludes halogenated alkanes) is 11. The van der Waals surface area contributed by atoms with Crippen molar-refractivity contribution in [3.63, 3.8) is 0 Å². The van der Waals surface area contributed by atoms with Gasteiger partial charge in [0.15, 0.2) is 0 Å². The van der Waals surface area contributed by atoms with Gasteiger partial charge >= 0.3 is 6.09 Å². The lowest BCUT2D eigenvalue weighted by Gasteiger charge is -2.24. The van der Waals surface area contributed by atoms with Crippen molar-refractivity contribution in [2.24, 2.45) is 0 Å². The number of hydrogen-bond donors (Lipinski definition) is 3. The molecule has 3 N–H and O–H groups in total. The minimum absolute atomic E-state index is 0.344. The molecule has 5 nitrogen and oxygen atoms in total. The van der Waals surface area contributed by atoms with Crippen molar-refractivity contribution in [1.82, 2.24) is 5.32 Å². The zero-order valence-corrected chi connectivity index (χ0v) is 18.7. The SMILES string of the molecule is CCCCCCCCCCCCC/C=C/[C@@H](O)C(CO)NC(=O)OC(C)(C)C. The maximum absolute atomic E-state index is 11.7. The van der Waals surface area contributed by atoms with Crippen LogP contribution < -0.4 is 5.32 Å². The van der Waals surface area contributed by atoms with Crippen molar-refractivity contribution in [1.29, 1.82) is 0 Å². The Kier molecular flexibility index (Phi) is 16.2. The van der Waals surface area contributed by atoms with E-state index >= 15 is 0 Å². The van der Waals surface area contributed by atoms with Crippen LogP contribution in [0.2, 0.25) is 0 Å². The molecular formula is C23H45NO4. The maximum atomic E-state index is 11.7. The molecule has 0 rings (SSSR count). The van der Waals surface area contributed by atoms with Crippen LogP contribution in [0.25, 0.3) is 0 Å². The summed E-state index contributed by atoms with van der Waals surface area (Å²) < 4.78 is 5.15. The van der Waals surface area contributed by atoms with E-state index in [2.05, 4.69) is 12.2 Å². The van der Waals surface area contributed by atoms with E-state index in [1.807, 2.05) is 6.08 Å². The second-order valence-electron chi connectivity index (χ2n) is 8.68. The van der Waals surface area contributed by atoms with Crippen molar-refractivity contribution in [3.05, 3.63) is 12.2 Å². The van der Waals surface area contributed by atoms with Gasteiger partial charge in [-0.1, -0.05) is 83.3 Å². The number of rotatable bonds is 16. The fourth-order valence-corrected chi connectivity index (χ4v) is 2.99. The molecule has 0 heterocycles. The first-order valence-corrected chi connectivity index (χ1v) is 11.2. The van der Waals surface area contributed by atoms with Crippen molar-refractivity contribution in [2.45, 2.75) is 122 Å². The van der Waals surface area contributed by atoms with Gasteiger partial charge in [-0.3, -0.25) is 0 Å². The summed E-state index contributed by atoms with van der Waals surface area (Å²) >= 11 is 0. The summed E-state index contributed by atoms with van der Waals surface area (Å²) in [6, 6.07) is -0.761. The van der Waals surface area contributed by atoms with Crippen molar-refractivity contribution in [2.75, 3.05) is 6.61 Å². The molecule has 0 fully saturated rings. The highest BCUT2D eigenvalue weighted by atomic mass is 16.6. The minimum Gasteiger partial charge on any atom is -0.444 e. The minimum atomic E-state index is -0.926. The van der Waals surface area contributed by atoms with Gasteiger partial charge in [0.05, 0.1) is 18.8 Å². The van der Waals surface area contributed by atoms with Crippen LogP contribution in [0, 0.1) is 0 Å². The van der Waals surface area contributed by atoms with E-state index in [9.17, 15) is 15.0 Å². The quantitative estimate of drug-likeness (QED) is 0.237. The van der Waals surface area contributed by atoms with Crippen LogP contribution >= 0.6 is 0 Å². The monoisotopic (exact) mass is 399 g/mol. The summed E-state index contributed by atoms with van der Waals surface area (Å²) in [5.74, 6) is 0. The molecule has 0 saturated heterocycles. The lowest BCUT2D eigenvalue weighted by molar-refractivity contribution is 0.0405. The fourth-order valence-electron chi connectivity index (χ4n) is 2.99. The number of carbonyl (C=O) groups is 1. The third-order valence-corrected chi connectivity index (χ3v) is 4.62. The fraction of sp³-hybridized carbons (Fsp3) is 0.870. The van der Waals surface area contributed by atoms with E-state index < -0.39 is 23.8 Å². The number of ether oxygens (including phenoxy) is 1. The van der Waals surface area contributed by atoms with E-state index in [-0.39, 0.29) is 6.61 Å². The second kappa shape index (κ2) is 16.8. The highest BCUT2D eigenvalue weighted by Crippen LogP contribution is 2.12. The van der Waals surface area contributed by atoms with E-state index in [1.54, 1.807) is 26.8 Å². The van der Waals surface area contributed by atoms with Gasteiger partial charge < -0.3 is 20.3 Å². The highest BCUT2D eigenvalue weighted by molar-refractivity contribution is 5.68. The van der Waals surface area contributed by atoms with Crippen LogP contribution in [0.5, 0.6) is 0 Å². The third-order valence-electron chi connectivity index (χ3n) is 4.62. The number of alkyl carbamates (subject to hydrolysis) is 1. The average molecular weight is 400 g/mol. The summed E-state index contributed by atoms with van der Waals surface area (Å²) in [5.41, 5.74) is -0.611. The van der Waals surface area contributed by atoms with Crippen LogP contribution in [-0.2, 0) is 4.74 Å². The van der Waals surface area contributed by atoms with Gasteiger partial charge in [-0.15, -0.1) is 0 Å². The molecular weight excluding hydrogens is 354 g/mol. The maximum Gasteiger partial charge on any atom is 0.408 e. The Labute approximate surface area is 172 Å². The summed E-state index contributed by atoms with van der Waals surface area (Å²) in [6.07, 6.45) is 17.3. The Morgan fingerprint density at radius 3 is 1.93 bits per heavy atom. The summed E-state index contributed by atoms with van der Waals surface area (Å²) in [7, 11) is 0. The Bertz CT molecular complexity index is 404. The molecule has 0 aromatic heterocycles. The first-order valence-electron chi connectivity index (χ1n) is 11.2. The second-order valence-corrected chi connectivity index (χ2v) is 8.68. The summed E-state index contributed by atoms with van der Waals surface area (Å²) in [6.45, 7) is 7.21. The van der Waals surface area contributed by atoms with E-state index in [1.165, 1.54) is 64.2 Å². The average Bonchev–Trinajstić information content (AvgIpc) is 2.61. The lowest BCUT2D eigenvalue weighted by atomic mass is 10.0. The number of aliphatic hydroxyl groups is 2. The van der Waals surface area contributed by atoms with Gasteiger partial charge in [-0.2, -0.15) is 0 Å². The van der Waals surface area contributed by atoms with Crippen molar-refractivity contribution >= 4 is 6.09 Å². The highest BCUT2D eigenvalue weighted by Gasteiger charge is 2.22. The predicted octanol–water partition coefficient (Wildman–Crippen LogP) is 5.49. The Balaban J connectivity index is 3.75. The molecule has 166 valence electrons. The predicted molar refractivity (Wildman–Crippen MR) is 116 cm³/mol. The Hall–Kier alpha value is -1.07. The van der Waals surface area contributed by atoms with E-state index in [0.29, 0.717) is 0 Å². The standard InChI is InChI=1S/C23H45NO4/c1-5-6-7-8-9-10-11-12-13-14-15-16-17-18-21(26)20(19-25)24-22(27)28-23(2,3)4/h17-18,20-21,25-26H,5-16,19H2,1-4H3,(H,24,27)/b18-17+/t20?,21-/m1/s1. The number of aliphatic hydroxyl groups excluding tert-OH is 2. The van der Waals surface area contributed by atoms with Gasteiger partial charge in [0.2, 0.25) is 0 Å². The molecule has 0 saturated carbocycles. The van der Waals surface area contributed by atoms with E-state index in [0.717, 1.165) is 12.8 Å². The molecule has 0 aromatic carbocycles. The third kappa shape index (κ3) is 17.1. The molecule has 1 amide bonds. The number of amides is 1. The van der Waals surface area contributed by atoms with Crippen LogP contribution in [0.3, 0.4) is 0 Å². The van der Waals surface area contributed by atoms with Crippen LogP contribution in [0.4, 0.5) is 4.79 Å². The Morgan fingerprint density at radius 1 is 0.964 bits per heavy atom. The van der Waals surface area contributed by atoms with Gasteiger partial charge in [0.25, 0.3) is 0 Å². The molecule has 0 radical (unpaired) electrons. The molecule has 28 heavy (non-hydrogen) atoms. The zero-order chi connectivity index (χ0) is 21.3. The molecule has 5 heteroatoms. The Morgan fingerprint density at radius 2 is 1.46 bits per heavy atom. The molecule has 0 bridgehead atoms. The summed E-state index contributed by atoms with van der Waals surface area (Å²) in [5, 5.41) is 22.0. The largest absolute Gasteiger partial charge is 0.444 e. The normalized spacial score (nSPS) is 14.2. The summed E-state index contributed by atoms with van der Waals surface area (Å²) in [4.78, 5) is 11.7. The van der Waals surface area contributed by atoms with Gasteiger partial charge in [-0.05, 0) is 33.6 Å². The van der Waals surface area contributed by atoms with Crippen LogP contribution in [0.15, 0.2) is 12.2 Å². The van der Waals surface area contributed by atoms with Crippen molar-refractivity contribution < 1.29 is 19.7 Å². The lowest BCUT2D eigenvalue weighted by Crippen LogP contribution is -2.47. The molecule has 0 aliphatic carbocycles. The first kappa shape index (κ1) is 26.9. The molecule has 0 aliphatic rings. The van der Waals surface area contributed by atoms with Crippen molar-refractivity contribution in [3.8, 4) is 0 Å². The smallest absolute Gasteiger partial charge is 0.408 e. The first-order chi connectivity index (χ1) is 13.3. The molecule has 2 atom stereocenters. The molecule has 1 unspecified atom stereocenters. The van der Waals surface area contributed by atoms with Crippen LogP contribution in [-0.4, -0.2) is 40.7 Å². The van der Waals surface area contributed by atoms with Crippen LogP contribution in [0.1, 0.15) is 105 Å². The van der Waals surface area contributed by atoms with Gasteiger partial charge in [-0.25, -0.2) is 4.79 Å². The number of nitrogens with one attached hydrogen (secondary N) is 1. The van der Waals surface area contributed by atoms with Gasteiger partial charge in [0, 0.05) is 0 Å². The van der Waals surface area contributed by atoms with E-state index in [4.69, 9.17) is 4.74 Å². The van der Waals surface area contributed by atoms with Gasteiger partial charge in [0.1, 0.15) is 5.60 Å². The number of allylic oxidation sites excluding steroid dienone is 1.